The Kier molecular flexibility index (Phi) is 5.86. The summed E-state index contributed by atoms with van der Waals surface area (Å²) in [7, 11) is 0. The van der Waals surface area contributed by atoms with Crippen molar-refractivity contribution in [2.45, 2.75) is 33.2 Å². The molecule has 1 aromatic carbocycles. The first kappa shape index (κ1) is 14.4. The Morgan fingerprint density at radius 1 is 1.53 bits per heavy atom. The summed E-state index contributed by atoms with van der Waals surface area (Å²) in [4.78, 5) is 0. The Morgan fingerprint density at radius 2 is 2.24 bits per heavy atom. The highest BCUT2D eigenvalue weighted by atomic mass is 79.9. The molecular weight excluding hydrogens is 281 g/mol. The van der Waals surface area contributed by atoms with Gasteiger partial charge in [0.2, 0.25) is 0 Å². The highest BCUT2D eigenvalue weighted by Crippen LogP contribution is 2.21. The molecule has 0 aliphatic heterocycles. The Labute approximate surface area is 111 Å². The molecular formula is C14H19BrFN. The Bertz CT molecular complexity index is 401. The molecule has 0 amide bonds. The zero-order valence-corrected chi connectivity index (χ0v) is 12.1. The van der Waals surface area contributed by atoms with Gasteiger partial charge in [-0.1, -0.05) is 34.5 Å². The maximum Gasteiger partial charge on any atom is 0.123 e. The van der Waals surface area contributed by atoms with Crippen LogP contribution in [0.1, 0.15) is 32.8 Å². The van der Waals surface area contributed by atoms with Crippen LogP contribution in [0.2, 0.25) is 0 Å². The number of rotatable bonds is 5. The summed E-state index contributed by atoms with van der Waals surface area (Å²) in [5, 5.41) is 3.41. The van der Waals surface area contributed by atoms with Crippen molar-refractivity contribution in [2.24, 2.45) is 0 Å². The highest BCUT2D eigenvalue weighted by Gasteiger charge is 2.05. The fourth-order valence-electron chi connectivity index (χ4n) is 1.52. The first-order valence-corrected chi connectivity index (χ1v) is 6.70. The van der Waals surface area contributed by atoms with Gasteiger partial charge < -0.3 is 5.32 Å². The maximum absolute atomic E-state index is 13.1. The van der Waals surface area contributed by atoms with Crippen molar-refractivity contribution in [3.8, 4) is 0 Å². The predicted molar refractivity (Wildman–Crippen MR) is 75.5 cm³/mol. The molecule has 0 bridgehead atoms. The summed E-state index contributed by atoms with van der Waals surface area (Å²) in [6.07, 6.45) is 3.13. The van der Waals surface area contributed by atoms with Gasteiger partial charge in [0, 0.05) is 10.5 Å². The van der Waals surface area contributed by atoms with E-state index in [0.29, 0.717) is 6.04 Å². The number of hydrogen-bond donors (Lipinski definition) is 1. The second kappa shape index (κ2) is 6.92. The van der Waals surface area contributed by atoms with E-state index in [1.807, 2.05) is 6.08 Å². The molecule has 0 saturated heterocycles. The number of nitrogens with one attached hydrogen (secondary N) is 1. The molecule has 0 aliphatic carbocycles. The third-order valence-electron chi connectivity index (χ3n) is 2.72. The normalized spacial score (nSPS) is 13.8. The quantitative estimate of drug-likeness (QED) is 0.851. The van der Waals surface area contributed by atoms with E-state index in [1.54, 1.807) is 12.1 Å². The lowest BCUT2D eigenvalue weighted by Crippen LogP contribution is -2.27. The van der Waals surface area contributed by atoms with Gasteiger partial charge in [0.15, 0.2) is 0 Å². The Hall–Kier alpha value is -0.670. The Morgan fingerprint density at radius 3 is 2.88 bits per heavy atom. The third kappa shape index (κ3) is 4.60. The average molecular weight is 300 g/mol. The minimum Gasteiger partial charge on any atom is -0.311 e. The van der Waals surface area contributed by atoms with E-state index in [-0.39, 0.29) is 5.82 Å². The van der Waals surface area contributed by atoms with Crippen molar-refractivity contribution in [1.29, 1.82) is 0 Å². The van der Waals surface area contributed by atoms with Crippen LogP contribution in [0.15, 0.2) is 28.2 Å². The van der Waals surface area contributed by atoms with Crippen LogP contribution in [0.25, 0.3) is 6.08 Å². The minimum atomic E-state index is -0.207. The fourth-order valence-corrected chi connectivity index (χ4v) is 1.88. The van der Waals surface area contributed by atoms with Crippen LogP contribution in [-0.2, 0) is 0 Å². The second-order valence-corrected chi connectivity index (χ2v) is 5.08. The molecule has 0 aliphatic rings. The molecule has 0 aromatic heterocycles. The first-order chi connectivity index (χ1) is 8.04. The molecule has 94 valence electrons. The van der Waals surface area contributed by atoms with Gasteiger partial charge in [0.25, 0.3) is 0 Å². The lowest BCUT2D eigenvalue weighted by atomic mass is 10.1. The van der Waals surface area contributed by atoms with Gasteiger partial charge in [-0.15, -0.1) is 0 Å². The predicted octanol–water partition coefficient (Wildman–Crippen LogP) is 4.38. The molecule has 1 unspecified atom stereocenters. The van der Waals surface area contributed by atoms with Crippen molar-refractivity contribution < 1.29 is 4.39 Å². The highest BCUT2D eigenvalue weighted by molar-refractivity contribution is 9.10. The van der Waals surface area contributed by atoms with Crippen LogP contribution in [0.3, 0.4) is 0 Å². The van der Waals surface area contributed by atoms with Crippen molar-refractivity contribution in [3.05, 3.63) is 39.6 Å². The molecule has 0 heterocycles. The molecule has 0 spiro atoms. The standard InChI is InChI=1S/C14H19BrFN/c1-4-7-17-11(3)10(2)8-12-9-13(16)5-6-14(12)15/h5-6,8-9,11,17H,4,7H2,1-3H3/b10-8+. The summed E-state index contributed by atoms with van der Waals surface area (Å²) >= 11 is 3.43. The van der Waals surface area contributed by atoms with Crippen LogP contribution in [0, 0.1) is 5.82 Å². The lowest BCUT2D eigenvalue weighted by Gasteiger charge is -2.14. The first-order valence-electron chi connectivity index (χ1n) is 5.91. The second-order valence-electron chi connectivity index (χ2n) is 4.23. The van der Waals surface area contributed by atoms with Gasteiger partial charge in [0.05, 0.1) is 0 Å². The number of halogens is 2. The minimum absolute atomic E-state index is 0.207. The van der Waals surface area contributed by atoms with E-state index in [4.69, 9.17) is 0 Å². The molecule has 1 nitrogen and oxygen atoms in total. The van der Waals surface area contributed by atoms with Crippen LogP contribution in [0.5, 0.6) is 0 Å². The monoisotopic (exact) mass is 299 g/mol. The molecule has 1 atom stereocenters. The number of benzene rings is 1. The number of hydrogen-bond acceptors (Lipinski definition) is 1. The van der Waals surface area contributed by atoms with E-state index >= 15 is 0 Å². The largest absolute Gasteiger partial charge is 0.311 e. The third-order valence-corrected chi connectivity index (χ3v) is 3.45. The summed E-state index contributed by atoms with van der Waals surface area (Å²) in [5.74, 6) is -0.207. The SMILES string of the molecule is CCCNC(C)/C(C)=C/c1cc(F)ccc1Br. The van der Waals surface area contributed by atoms with E-state index in [0.717, 1.165) is 23.0 Å². The van der Waals surface area contributed by atoms with E-state index in [1.165, 1.54) is 11.6 Å². The maximum atomic E-state index is 13.1. The Balaban J connectivity index is 2.82. The van der Waals surface area contributed by atoms with Crippen LogP contribution in [-0.4, -0.2) is 12.6 Å². The van der Waals surface area contributed by atoms with Gasteiger partial charge in [-0.05, 0) is 50.6 Å². The molecule has 1 N–H and O–H groups in total. The van der Waals surface area contributed by atoms with Crippen molar-refractivity contribution >= 4 is 22.0 Å². The van der Waals surface area contributed by atoms with E-state index in [9.17, 15) is 4.39 Å². The zero-order chi connectivity index (χ0) is 12.8. The summed E-state index contributed by atoms with van der Waals surface area (Å²) in [6, 6.07) is 5.04. The molecule has 0 radical (unpaired) electrons. The van der Waals surface area contributed by atoms with E-state index in [2.05, 4.69) is 42.0 Å². The molecule has 3 heteroatoms. The molecule has 1 aromatic rings. The topological polar surface area (TPSA) is 12.0 Å². The van der Waals surface area contributed by atoms with Gasteiger partial charge in [0.1, 0.15) is 5.82 Å². The lowest BCUT2D eigenvalue weighted by molar-refractivity contribution is 0.604. The van der Waals surface area contributed by atoms with Gasteiger partial charge in [-0.25, -0.2) is 4.39 Å². The molecule has 0 saturated carbocycles. The summed E-state index contributed by atoms with van der Waals surface area (Å²) in [6.45, 7) is 7.32. The van der Waals surface area contributed by atoms with Gasteiger partial charge in [-0.3, -0.25) is 0 Å². The van der Waals surface area contributed by atoms with Crippen LogP contribution < -0.4 is 5.32 Å². The van der Waals surface area contributed by atoms with Crippen molar-refractivity contribution in [1.82, 2.24) is 5.32 Å². The van der Waals surface area contributed by atoms with Crippen LogP contribution >= 0.6 is 15.9 Å². The molecule has 0 fully saturated rings. The smallest absolute Gasteiger partial charge is 0.123 e. The van der Waals surface area contributed by atoms with Gasteiger partial charge >= 0.3 is 0 Å². The van der Waals surface area contributed by atoms with Crippen molar-refractivity contribution in [2.75, 3.05) is 6.54 Å². The fraction of sp³-hybridized carbons (Fsp3) is 0.429. The van der Waals surface area contributed by atoms with Gasteiger partial charge in [-0.2, -0.15) is 0 Å². The summed E-state index contributed by atoms with van der Waals surface area (Å²) in [5.41, 5.74) is 2.08. The molecule has 17 heavy (non-hydrogen) atoms. The van der Waals surface area contributed by atoms with Crippen molar-refractivity contribution in [3.63, 3.8) is 0 Å². The van der Waals surface area contributed by atoms with E-state index < -0.39 is 0 Å². The zero-order valence-electron chi connectivity index (χ0n) is 10.6. The van der Waals surface area contributed by atoms with Crippen LogP contribution in [0.4, 0.5) is 4.39 Å². The average Bonchev–Trinajstić information content (AvgIpc) is 2.30. The summed E-state index contributed by atoms with van der Waals surface area (Å²) < 4.78 is 14.1. The molecule has 1 rings (SSSR count).